The van der Waals surface area contributed by atoms with Crippen LogP contribution in [0.4, 0.5) is 0 Å². The fourth-order valence-electron chi connectivity index (χ4n) is 3.94. The molecule has 7 heteroatoms. The molecule has 3 aromatic carbocycles. The highest BCUT2D eigenvalue weighted by atomic mass is 35.5. The van der Waals surface area contributed by atoms with Gasteiger partial charge in [0.2, 0.25) is 5.91 Å². The van der Waals surface area contributed by atoms with Crippen molar-refractivity contribution >= 4 is 35.0 Å². The summed E-state index contributed by atoms with van der Waals surface area (Å²) in [5, 5.41) is 4.25. The smallest absolute Gasteiger partial charge is 0.261 e. The molecule has 0 saturated heterocycles. The fourth-order valence-corrected chi connectivity index (χ4v) is 4.17. The highest BCUT2D eigenvalue weighted by Crippen LogP contribution is 2.26. The van der Waals surface area contributed by atoms with E-state index in [1.165, 1.54) is 0 Å². The molecule has 0 saturated carbocycles. The Hall–Kier alpha value is -3.02. The van der Waals surface area contributed by atoms with Crippen molar-refractivity contribution < 1.29 is 14.3 Å². The van der Waals surface area contributed by atoms with E-state index in [0.717, 1.165) is 22.3 Å². The average Bonchev–Trinajstić information content (AvgIpc) is 2.84. The summed E-state index contributed by atoms with van der Waals surface area (Å²) in [5.74, 6) is 0.0461. The summed E-state index contributed by atoms with van der Waals surface area (Å²) in [6.07, 6.45) is 0.373. The lowest BCUT2D eigenvalue weighted by Crippen LogP contribution is -2.52. The number of nitrogens with zero attached hydrogens (tertiary/aromatic N) is 1. The number of aryl methyl sites for hydroxylation is 2. The van der Waals surface area contributed by atoms with Gasteiger partial charge in [-0.25, -0.2) is 0 Å². The van der Waals surface area contributed by atoms with Gasteiger partial charge in [0.1, 0.15) is 11.8 Å². The van der Waals surface area contributed by atoms with E-state index in [9.17, 15) is 9.59 Å². The topological polar surface area (TPSA) is 58.6 Å². The van der Waals surface area contributed by atoms with Crippen molar-refractivity contribution in [3.63, 3.8) is 0 Å². The van der Waals surface area contributed by atoms with Crippen molar-refractivity contribution in [1.29, 1.82) is 0 Å². The molecular weight excluding hydrogens is 495 g/mol. The number of benzene rings is 3. The van der Waals surface area contributed by atoms with E-state index in [2.05, 4.69) is 5.32 Å². The number of amides is 2. The molecule has 36 heavy (non-hydrogen) atoms. The number of ether oxygens (including phenoxy) is 1. The largest absolute Gasteiger partial charge is 0.484 e. The van der Waals surface area contributed by atoms with Crippen LogP contribution in [-0.4, -0.2) is 35.4 Å². The van der Waals surface area contributed by atoms with Gasteiger partial charge in [-0.2, -0.15) is 0 Å². The maximum atomic E-state index is 13.6. The molecule has 1 N–H and O–H groups in total. The molecule has 5 nitrogen and oxygen atoms in total. The SMILES string of the molecule is Cc1cc(OCC(=O)N(Cc2ccc(Cl)cc2)[C@@H](Cc2ccccc2)C(=O)NC(C)C)cc(C)c1Cl. The molecule has 0 aliphatic heterocycles. The summed E-state index contributed by atoms with van der Waals surface area (Å²) in [7, 11) is 0. The zero-order chi connectivity index (χ0) is 26.2. The van der Waals surface area contributed by atoms with Gasteiger partial charge in [-0.1, -0.05) is 65.7 Å². The molecule has 0 aliphatic rings. The molecule has 3 rings (SSSR count). The van der Waals surface area contributed by atoms with Gasteiger partial charge in [0.05, 0.1) is 0 Å². The van der Waals surface area contributed by atoms with Crippen LogP contribution >= 0.6 is 23.2 Å². The molecule has 0 bridgehead atoms. The minimum atomic E-state index is -0.727. The second kappa shape index (κ2) is 12.8. The van der Waals surface area contributed by atoms with Crippen molar-refractivity contribution in [3.8, 4) is 5.75 Å². The lowest BCUT2D eigenvalue weighted by molar-refractivity contribution is -0.143. The monoisotopic (exact) mass is 526 g/mol. The Kier molecular flexibility index (Phi) is 9.80. The Morgan fingerprint density at radius 1 is 0.917 bits per heavy atom. The maximum Gasteiger partial charge on any atom is 0.261 e. The van der Waals surface area contributed by atoms with Gasteiger partial charge < -0.3 is 15.0 Å². The predicted octanol–water partition coefficient (Wildman–Crippen LogP) is 6.15. The van der Waals surface area contributed by atoms with E-state index in [0.29, 0.717) is 22.2 Å². The molecule has 0 heterocycles. The Bertz CT molecular complexity index is 1160. The summed E-state index contributed by atoms with van der Waals surface area (Å²) in [6.45, 7) is 7.61. The maximum absolute atomic E-state index is 13.6. The molecule has 0 radical (unpaired) electrons. The van der Waals surface area contributed by atoms with Crippen molar-refractivity contribution in [2.24, 2.45) is 0 Å². The lowest BCUT2D eigenvalue weighted by atomic mass is 10.0. The molecule has 0 fully saturated rings. The second-order valence-corrected chi connectivity index (χ2v) is 9.99. The summed E-state index contributed by atoms with van der Waals surface area (Å²) in [4.78, 5) is 28.6. The van der Waals surface area contributed by atoms with Crippen LogP contribution < -0.4 is 10.1 Å². The quantitative estimate of drug-likeness (QED) is 0.344. The van der Waals surface area contributed by atoms with Gasteiger partial charge in [-0.15, -0.1) is 0 Å². The standard InChI is InChI=1S/C29H32Cl2N2O3/c1-19(2)32-29(35)26(16-22-8-6-5-7-9-22)33(17-23-10-12-24(30)13-11-23)27(34)18-36-25-14-20(3)28(31)21(4)15-25/h5-15,19,26H,16-18H2,1-4H3,(H,32,35)/t26-/m0/s1. The predicted molar refractivity (Wildman–Crippen MR) is 146 cm³/mol. The Morgan fingerprint density at radius 2 is 1.53 bits per heavy atom. The van der Waals surface area contributed by atoms with Crippen LogP contribution in [0.1, 0.15) is 36.1 Å². The first-order valence-corrected chi connectivity index (χ1v) is 12.7. The molecule has 3 aromatic rings. The second-order valence-electron chi connectivity index (χ2n) is 9.18. The average molecular weight is 527 g/mol. The van der Waals surface area contributed by atoms with E-state index in [-0.39, 0.29) is 31.0 Å². The minimum Gasteiger partial charge on any atom is -0.484 e. The normalized spacial score (nSPS) is 11.8. The van der Waals surface area contributed by atoms with Gasteiger partial charge in [0, 0.05) is 29.1 Å². The van der Waals surface area contributed by atoms with Crippen LogP contribution in [0.25, 0.3) is 0 Å². The third-order valence-electron chi connectivity index (χ3n) is 5.74. The zero-order valence-electron chi connectivity index (χ0n) is 21.1. The molecule has 1 atom stereocenters. The van der Waals surface area contributed by atoms with Gasteiger partial charge in [0.25, 0.3) is 5.91 Å². The Labute approximate surface area is 223 Å². The van der Waals surface area contributed by atoms with Crippen molar-refractivity contribution in [2.45, 2.75) is 52.7 Å². The van der Waals surface area contributed by atoms with Gasteiger partial charge >= 0.3 is 0 Å². The number of carbonyl (C=O) groups is 2. The van der Waals surface area contributed by atoms with Gasteiger partial charge in [-0.3, -0.25) is 9.59 Å². The summed E-state index contributed by atoms with van der Waals surface area (Å²) in [6, 6.07) is 19.8. The van der Waals surface area contributed by atoms with Crippen LogP contribution in [-0.2, 0) is 22.6 Å². The van der Waals surface area contributed by atoms with Crippen molar-refractivity contribution in [3.05, 3.63) is 99.0 Å². The van der Waals surface area contributed by atoms with Crippen molar-refractivity contribution in [1.82, 2.24) is 10.2 Å². The third kappa shape index (κ3) is 7.74. The molecule has 0 spiro atoms. The highest BCUT2D eigenvalue weighted by molar-refractivity contribution is 6.32. The zero-order valence-corrected chi connectivity index (χ0v) is 22.6. The van der Waals surface area contributed by atoms with E-state index >= 15 is 0 Å². The van der Waals surface area contributed by atoms with Crippen LogP contribution in [0.3, 0.4) is 0 Å². The van der Waals surface area contributed by atoms with E-state index < -0.39 is 6.04 Å². The molecule has 190 valence electrons. The molecule has 0 aliphatic carbocycles. The van der Waals surface area contributed by atoms with Crippen molar-refractivity contribution in [2.75, 3.05) is 6.61 Å². The minimum absolute atomic E-state index is 0.0699. The number of halogens is 2. The van der Waals surface area contributed by atoms with Gasteiger partial charge in [-0.05, 0) is 74.2 Å². The first-order chi connectivity index (χ1) is 17.1. The summed E-state index contributed by atoms with van der Waals surface area (Å²) in [5.41, 5.74) is 3.56. The van der Waals surface area contributed by atoms with E-state index in [1.807, 2.05) is 70.2 Å². The number of hydrogen-bond donors (Lipinski definition) is 1. The van der Waals surface area contributed by atoms with Crippen LogP contribution in [0.15, 0.2) is 66.7 Å². The Morgan fingerprint density at radius 3 is 2.11 bits per heavy atom. The first kappa shape index (κ1) is 27.6. The van der Waals surface area contributed by atoms with Crippen LogP contribution in [0, 0.1) is 13.8 Å². The van der Waals surface area contributed by atoms with Crippen LogP contribution in [0.5, 0.6) is 5.75 Å². The van der Waals surface area contributed by atoms with Crippen LogP contribution in [0.2, 0.25) is 10.0 Å². The van der Waals surface area contributed by atoms with E-state index in [4.69, 9.17) is 27.9 Å². The summed E-state index contributed by atoms with van der Waals surface area (Å²) < 4.78 is 5.88. The van der Waals surface area contributed by atoms with Gasteiger partial charge in [0.15, 0.2) is 6.61 Å². The highest BCUT2D eigenvalue weighted by Gasteiger charge is 2.31. The molecule has 2 amide bonds. The Balaban J connectivity index is 1.91. The molecular formula is C29H32Cl2N2O3. The lowest BCUT2D eigenvalue weighted by Gasteiger charge is -2.32. The first-order valence-electron chi connectivity index (χ1n) is 11.9. The third-order valence-corrected chi connectivity index (χ3v) is 6.59. The number of nitrogens with one attached hydrogen (secondary N) is 1. The fraction of sp³-hybridized carbons (Fsp3) is 0.310. The molecule has 0 aromatic heterocycles. The number of hydrogen-bond acceptors (Lipinski definition) is 3. The number of carbonyl (C=O) groups excluding carboxylic acids is 2. The summed E-state index contributed by atoms with van der Waals surface area (Å²) >= 11 is 12.3. The molecule has 0 unspecified atom stereocenters. The number of rotatable bonds is 10. The van der Waals surface area contributed by atoms with E-state index in [1.54, 1.807) is 29.2 Å².